The molecule has 0 spiro atoms. The van der Waals surface area contributed by atoms with Crippen LogP contribution in [0.1, 0.15) is 49.6 Å². The molecule has 1 aromatic carbocycles. The minimum absolute atomic E-state index is 0.441. The third-order valence-electron chi connectivity index (χ3n) is 4.70. The van der Waals surface area contributed by atoms with Gasteiger partial charge in [0.05, 0.1) is 0 Å². The molecule has 1 aliphatic heterocycles. The fraction of sp³-hybridized carbons (Fsp3) is 0.500. The summed E-state index contributed by atoms with van der Waals surface area (Å²) in [5.74, 6) is 0.598. The summed E-state index contributed by atoms with van der Waals surface area (Å²) in [6, 6.07) is 14.0. The summed E-state index contributed by atoms with van der Waals surface area (Å²) in [6.07, 6.45) is 4.05. The van der Waals surface area contributed by atoms with E-state index in [1.165, 1.54) is 48.5 Å². The van der Waals surface area contributed by atoms with Crippen molar-refractivity contribution in [2.75, 3.05) is 18.0 Å². The van der Waals surface area contributed by atoms with Crippen molar-refractivity contribution in [1.29, 1.82) is 0 Å². The number of piperidine rings is 1. The summed E-state index contributed by atoms with van der Waals surface area (Å²) in [6.45, 7) is 7.94. The van der Waals surface area contributed by atoms with Crippen LogP contribution in [0.15, 0.2) is 41.8 Å². The zero-order chi connectivity index (χ0) is 16.1. The van der Waals surface area contributed by atoms with E-state index in [1.807, 2.05) is 11.3 Å². The maximum absolute atomic E-state index is 3.73. The van der Waals surface area contributed by atoms with E-state index in [-0.39, 0.29) is 0 Å². The van der Waals surface area contributed by atoms with Crippen LogP contribution in [0.4, 0.5) is 5.69 Å². The molecular formula is C20H28N2S. The maximum Gasteiger partial charge on any atom is 0.0440 e. The fourth-order valence-electron chi connectivity index (χ4n) is 3.34. The third kappa shape index (κ3) is 4.36. The Kier molecular flexibility index (Phi) is 5.74. The first-order chi connectivity index (χ1) is 11.2. The van der Waals surface area contributed by atoms with Gasteiger partial charge in [-0.3, -0.25) is 0 Å². The van der Waals surface area contributed by atoms with E-state index in [4.69, 9.17) is 0 Å². The topological polar surface area (TPSA) is 15.3 Å². The number of hydrogen-bond acceptors (Lipinski definition) is 3. The second kappa shape index (κ2) is 7.98. The van der Waals surface area contributed by atoms with Gasteiger partial charge in [-0.1, -0.05) is 32.0 Å². The zero-order valence-electron chi connectivity index (χ0n) is 14.3. The van der Waals surface area contributed by atoms with E-state index in [0.29, 0.717) is 12.0 Å². The van der Waals surface area contributed by atoms with Gasteiger partial charge in [0.1, 0.15) is 0 Å². The Labute approximate surface area is 144 Å². The van der Waals surface area contributed by atoms with Crippen LogP contribution in [0.5, 0.6) is 0 Å². The van der Waals surface area contributed by atoms with Crippen molar-refractivity contribution in [3.8, 4) is 0 Å². The number of hydrogen-bond donors (Lipinski definition) is 1. The molecule has 1 N–H and O–H groups in total. The van der Waals surface area contributed by atoms with Crippen molar-refractivity contribution >= 4 is 17.0 Å². The summed E-state index contributed by atoms with van der Waals surface area (Å²) in [7, 11) is 0. The van der Waals surface area contributed by atoms with E-state index in [9.17, 15) is 0 Å². The van der Waals surface area contributed by atoms with Gasteiger partial charge in [0.25, 0.3) is 0 Å². The molecule has 1 aliphatic rings. The lowest BCUT2D eigenvalue weighted by atomic mass is 10.0. The lowest BCUT2D eigenvalue weighted by molar-refractivity contribution is 0.416. The predicted molar refractivity (Wildman–Crippen MR) is 101 cm³/mol. The highest BCUT2D eigenvalue weighted by Gasteiger charge is 2.16. The van der Waals surface area contributed by atoms with Crippen molar-refractivity contribution in [3.63, 3.8) is 0 Å². The molecule has 1 saturated heterocycles. The van der Waals surface area contributed by atoms with E-state index < -0.39 is 0 Å². The molecule has 1 atom stereocenters. The Balaban J connectivity index is 1.59. The number of nitrogens with one attached hydrogen (secondary N) is 1. The quantitative estimate of drug-likeness (QED) is 0.781. The standard InChI is InChI=1S/C20H28N2S/c1-16(2)20(19-7-6-14-23-19)21-15-17-8-10-18(11-9-17)22-12-4-3-5-13-22/h6-11,14,16,20-21H,3-5,12-13,15H2,1-2H3. The van der Waals surface area contributed by atoms with Crippen LogP contribution in [-0.2, 0) is 6.54 Å². The monoisotopic (exact) mass is 328 g/mol. The van der Waals surface area contributed by atoms with Crippen molar-refractivity contribution < 1.29 is 0 Å². The molecule has 0 amide bonds. The summed E-state index contributed by atoms with van der Waals surface area (Å²) < 4.78 is 0. The van der Waals surface area contributed by atoms with Gasteiger partial charge >= 0.3 is 0 Å². The Bertz CT molecular complexity index is 568. The lowest BCUT2D eigenvalue weighted by Crippen LogP contribution is -2.29. The summed E-state index contributed by atoms with van der Waals surface area (Å²) in [4.78, 5) is 3.95. The third-order valence-corrected chi connectivity index (χ3v) is 5.66. The van der Waals surface area contributed by atoms with Crippen molar-refractivity contribution in [2.24, 2.45) is 5.92 Å². The van der Waals surface area contributed by atoms with Crippen LogP contribution in [0, 0.1) is 5.92 Å². The molecule has 3 heteroatoms. The number of thiophene rings is 1. The molecule has 0 aliphatic carbocycles. The zero-order valence-corrected chi connectivity index (χ0v) is 15.1. The molecule has 1 aromatic heterocycles. The molecule has 2 heterocycles. The van der Waals surface area contributed by atoms with E-state index >= 15 is 0 Å². The number of rotatable bonds is 6. The highest BCUT2D eigenvalue weighted by molar-refractivity contribution is 7.10. The van der Waals surface area contributed by atoms with Crippen molar-refractivity contribution in [1.82, 2.24) is 5.32 Å². The lowest BCUT2D eigenvalue weighted by Gasteiger charge is -2.29. The van der Waals surface area contributed by atoms with Gasteiger partial charge in [-0.05, 0) is 54.3 Å². The van der Waals surface area contributed by atoms with Gasteiger partial charge in [0.2, 0.25) is 0 Å². The molecule has 23 heavy (non-hydrogen) atoms. The van der Waals surface area contributed by atoms with Gasteiger partial charge in [0.15, 0.2) is 0 Å². The normalized spacial score (nSPS) is 16.7. The first kappa shape index (κ1) is 16.5. The highest BCUT2D eigenvalue weighted by atomic mass is 32.1. The molecule has 0 radical (unpaired) electrons. The molecule has 0 bridgehead atoms. The summed E-state index contributed by atoms with van der Waals surface area (Å²) in [5, 5.41) is 5.90. The second-order valence-electron chi connectivity index (χ2n) is 6.83. The molecule has 3 rings (SSSR count). The molecule has 0 saturated carbocycles. The van der Waals surface area contributed by atoms with Gasteiger partial charge in [0, 0.05) is 36.2 Å². The predicted octanol–water partition coefficient (Wildman–Crippen LogP) is 5.23. The maximum atomic E-state index is 3.73. The van der Waals surface area contributed by atoms with Crippen LogP contribution in [0.25, 0.3) is 0 Å². The smallest absolute Gasteiger partial charge is 0.0440 e. The van der Waals surface area contributed by atoms with Gasteiger partial charge < -0.3 is 10.2 Å². The Morgan fingerprint density at radius 1 is 1.04 bits per heavy atom. The SMILES string of the molecule is CC(C)C(NCc1ccc(N2CCCCC2)cc1)c1cccs1. The number of nitrogens with zero attached hydrogens (tertiary/aromatic N) is 1. The average molecular weight is 329 g/mol. The first-order valence-electron chi connectivity index (χ1n) is 8.85. The van der Waals surface area contributed by atoms with Crippen molar-refractivity contribution in [2.45, 2.75) is 45.7 Å². The Hall–Kier alpha value is -1.32. The highest BCUT2D eigenvalue weighted by Crippen LogP contribution is 2.26. The second-order valence-corrected chi connectivity index (χ2v) is 7.81. The average Bonchev–Trinajstić information content (AvgIpc) is 3.10. The number of benzene rings is 1. The minimum Gasteiger partial charge on any atom is -0.372 e. The largest absolute Gasteiger partial charge is 0.372 e. The van der Waals surface area contributed by atoms with Crippen LogP contribution in [-0.4, -0.2) is 13.1 Å². The van der Waals surface area contributed by atoms with Crippen molar-refractivity contribution in [3.05, 3.63) is 52.2 Å². The summed E-state index contributed by atoms with van der Waals surface area (Å²) in [5.41, 5.74) is 2.75. The molecule has 2 aromatic rings. The Morgan fingerprint density at radius 3 is 2.39 bits per heavy atom. The molecule has 1 unspecified atom stereocenters. The summed E-state index contributed by atoms with van der Waals surface area (Å²) >= 11 is 1.85. The molecular weight excluding hydrogens is 300 g/mol. The van der Waals surface area contributed by atoms with Gasteiger partial charge in [-0.2, -0.15) is 0 Å². The molecule has 124 valence electrons. The van der Waals surface area contributed by atoms with Gasteiger partial charge in [-0.25, -0.2) is 0 Å². The van der Waals surface area contributed by atoms with Crippen LogP contribution >= 0.6 is 11.3 Å². The van der Waals surface area contributed by atoms with Crippen LogP contribution in [0.3, 0.4) is 0 Å². The molecule has 2 nitrogen and oxygen atoms in total. The van der Waals surface area contributed by atoms with E-state index in [1.54, 1.807) is 0 Å². The van der Waals surface area contributed by atoms with Crippen LogP contribution < -0.4 is 10.2 Å². The molecule has 1 fully saturated rings. The van der Waals surface area contributed by atoms with E-state index in [2.05, 4.69) is 65.8 Å². The first-order valence-corrected chi connectivity index (χ1v) is 9.72. The van der Waals surface area contributed by atoms with E-state index in [0.717, 1.165) is 6.54 Å². The minimum atomic E-state index is 0.441. The van der Waals surface area contributed by atoms with Gasteiger partial charge in [-0.15, -0.1) is 11.3 Å². The van der Waals surface area contributed by atoms with Crippen LogP contribution in [0.2, 0.25) is 0 Å². The number of anilines is 1. The fourth-order valence-corrected chi connectivity index (χ4v) is 4.31. The Morgan fingerprint density at radius 2 is 1.78 bits per heavy atom.